The Bertz CT molecular complexity index is 397. The number of nitrogens with one attached hydrogen (secondary N) is 1. The predicted molar refractivity (Wildman–Crippen MR) is 72.3 cm³/mol. The number of hydrogen-bond donors (Lipinski definition) is 2. The second kappa shape index (κ2) is 6.39. The fourth-order valence-corrected chi connectivity index (χ4v) is 1.89. The summed E-state index contributed by atoms with van der Waals surface area (Å²) in [6.45, 7) is 8.97. The number of carbonyl (C=O) groups excluding carboxylic acids is 1. The van der Waals surface area contributed by atoms with E-state index in [1.807, 2.05) is 6.92 Å². The highest BCUT2D eigenvalue weighted by molar-refractivity contribution is 5.97. The molecule has 1 amide bonds. The maximum atomic E-state index is 12.0. The molecule has 1 aromatic rings. The van der Waals surface area contributed by atoms with E-state index in [4.69, 9.17) is 5.73 Å². The van der Waals surface area contributed by atoms with Gasteiger partial charge in [0.2, 0.25) is 0 Å². The Labute approximate surface area is 108 Å². The zero-order valence-electron chi connectivity index (χ0n) is 11.6. The van der Waals surface area contributed by atoms with Gasteiger partial charge in [0, 0.05) is 25.8 Å². The van der Waals surface area contributed by atoms with Gasteiger partial charge < -0.3 is 16.0 Å². The lowest BCUT2D eigenvalue weighted by Crippen LogP contribution is -2.42. The highest BCUT2D eigenvalue weighted by Gasteiger charge is 2.17. The van der Waals surface area contributed by atoms with Gasteiger partial charge in [-0.1, -0.05) is 13.8 Å². The molecule has 0 aromatic carbocycles. The smallest absolute Gasteiger partial charge is 0.274 e. The number of aryl methyl sites for hydroxylation is 1. The van der Waals surface area contributed by atoms with Crippen LogP contribution >= 0.6 is 0 Å². The highest BCUT2D eigenvalue weighted by atomic mass is 16.2. The van der Waals surface area contributed by atoms with Crippen molar-refractivity contribution in [3.8, 4) is 0 Å². The van der Waals surface area contributed by atoms with Crippen LogP contribution in [0.2, 0.25) is 0 Å². The molecular weight excluding hydrogens is 230 g/mol. The molecule has 0 aliphatic rings. The molecule has 102 valence electrons. The second-order valence-corrected chi connectivity index (χ2v) is 4.47. The van der Waals surface area contributed by atoms with E-state index in [2.05, 4.69) is 29.2 Å². The number of nitrogen functional groups attached to an aromatic ring is 1. The largest absolute Gasteiger partial charge is 0.396 e. The van der Waals surface area contributed by atoms with E-state index in [1.165, 1.54) is 0 Å². The Hall–Kier alpha value is -1.56. The van der Waals surface area contributed by atoms with Crippen LogP contribution in [0.3, 0.4) is 0 Å². The zero-order chi connectivity index (χ0) is 13.7. The van der Waals surface area contributed by atoms with Gasteiger partial charge in [-0.3, -0.25) is 9.48 Å². The number of amides is 1. The summed E-state index contributed by atoms with van der Waals surface area (Å²) >= 11 is 0. The van der Waals surface area contributed by atoms with Gasteiger partial charge in [-0.25, -0.2) is 0 Å². The van der Waals surface area contributed by atoms with Crippen LogP contribution in [0.4, 0.5) is 5.69 Å². The molecule has 0 saturated heterocycles. The van der Waals surface area contributed by atoms with Gasteiger partial charge in [-0.05, 0) is 20.0 Å². The molecule has 0 radical (unpaired) electrons. The van der Waals surface area contributed by atoms with E-state index in [1.54, 1.807) is 17.9 Å². The highest BCUT2D eigenvalue weighted by Crippen LogP contribution is 2.07. The van der Waals surface area contributed by atoms with Crippen molar-refractivity contribution in [3.05, 3.63) is 11.9 Å². The first-order chi connectivity index (χ1) is 8.47. The van der Waals surface area contributed by atoms with Crippen molar-refractivity contribution in [3.63, 3.8) is 0 Å². The Morgan fingerprint density at radius 1 is 1.56 bits per heavy atom. The standard InChI is InChI=1S/C12H23N5O/c1-5-17(6-2)7-9(3)14-12(18)11-10(13)8-16(4)15-11/h8-9H,5-7,13H2,1-4H3,(H,14,18). The summed E-state index contributed by atoms with van der Waals surface area (Å²) < 4.78 is 1.54. The minimum atomic E-state index is -0.215. The molecule has 0 bridgehead atoms. The average molecular weight is 253 g/mol. The molecule has 1 rings (SSSR count). The lowest BCUT2D eigenvalue weighted by molar-refractivity contribution is 0.0925. The van der Waals surface area contributed by atoms with E-state index < -0.39 is 0 Å². The molecule has 0 aliphatic carbocycles. The summed E-state index contributed by atoms with van der Waals surface area (Å²) in [5.74, 6) is -0.215. The van der Waals surface area contributed by atoms with Gasteiger partial charge in [0.15, 0.2) is 5.69 Å². The van der Waals surface area contributed by atoms with Crippen molar-refractivity contribution in [2.75, 3.05) is 25.4 Å². The molecule has 0 fully saturated rings. The van der Waals surface area contributed by atoms with E-state index >= 15 is 0 Å². The third-order valence-electron chi connectivity index (χ3n) is 2.88. The molecule has 0 spiro atoms. The van der Waals surface area contributed by atoms with E-state index in [9.17, 15) is 4.79 Å². The van der Waals surface area contributed by atoms with E-state index in [-0.39, 0.29) is 11.9 Å². The molecule has 6 nitrogen and oxygen atoms in total. The van der Waals surface area contributed by atoms with Crippen molar-refractivity contribution >= 4 is 11.6 Å². The van der Waals surface area contributed by atoms with Gasteiger partial charge in [0.25, 0.3) is 5.91 Å². The average Bonchev–Trinajstić information content (AvgIpc) is 2.65. The second-order valence-electron chi connectivity index (χ2n) is 4.47. The van der Waals surface area contributed by atoms with Crippen molar-refractivity contribution in [2.45, 2.75) is 26.8 Å². The van der Waals surface area contributed by atoms with Crippen LogP contribution in [0.25, 0.3) is 0 Å². The molecule has 1 unspecified atom stereocenters. The number of carbonyl (C=O) groups is 1. The molecule has 0 saturated carbocycles. The number of aromatic nitrogens is 2. The first kappa shape index (κ1) is 14.5. The Morgan fingerprint density at radius 3 is 2.61 bits per heavy atom. The first-order valence-corrected chi connectivity index (χ1v) is 6.30. The van der Waals surface area contributed by atoms with Crippen molar-refractivity contribution in [1.82, 2.24) is 20.0 Å². The van der Waals surface area contributed by atoms with Crippen LogP contribution in [-0.2, 0) is 7.05 Å². The monoisotopic (exact) mass is 253 g/mol. The van der Waals surface area contributed by atoms with Crippen LogP contribution in [0.15, 0.2) is 6.20 Å². The van der Waals surface area contributed by atoms with Gasteiger partial charge in [0.1, 0.15) is 0 Å². The summed E-state index contributed by atoms with van der Waals surface area (Å²) in [4.78, 5) is 14.2. The molecule has 18 heavy (non-hydrogen) atoms. The van der Waals surface area contributed by atoms with Crippen LogP contribution in [-0.4, -0.2) is 46.3 Å². The van der Waals surface area contributed by atoms with E-state index in [0.29, 0.717) is 11.4 Å². The van der Waals surface area contributed by atoms with Crippen LogP contribution < -0.4 is 11.1 Å². The number of nitrogens with two attached hydrogens (primary N) is 1. The van der Waals surface area contributed by atoms with Crippen LogP contribution in [0.5, 0.6) is 0 Å². The Balaban J connectivity index is 2.57. The molecule has 1 atom stereocenters. The lowest BCUT2D eigenvalue weighted by Gasteiger charge is -2.23. The molecule has 3 N–H and O–H groups in total. The lowest BCUT2D eigenvalue weighted by atomic mass is 10.2. The SMILES string of the molecule is CCN(CC)CC(C)NC(=O)c1nn(C)cc1N. The van der Waals surface area contributed by atoms with Gasteiger partial charge >= 0.3 is 0 Å². The van der Waals surface area contributed by atoms with Crippen LogP contribution in [0.1, 0.15) is 31.3 Å². The minimum absolute atomic E-state index is 0.0683. The summed E-state index contributed by atoms with van der Waals surface area (Å²) in [6.07, 6.45) is 1.63. The predicted octanol–water partition coefficient (Wildman–Crippen LogP) is 0.462. The van der Waals surface area contributed by atoms with E-state index in [0.717, 1.165) is 19.6 Å². The number of likely N-dealkylation sites (N-methyl/N-ethyl adjacent to an activating group) is 1. The van der Waals surface area contributed by atoms with Gasteiger partial charge in [0.05, 0.1) is 5.69 Å². The normalized spacial score (nSPS) is 12.7. The van der Waals surface area contributed by atoms with Gasteiger partial charge in [-0.2, -0.15) is 5.10 Å². The molecule has 0 aliphatic heterocycles. The third kappa shape index (κ3) is 3.73. The summed E-state index contributed by atoms with van der Waals surface area (Å²) in [7, 11) is 1.74. The summed E-state index contributed by atoms with van der Waals surface area (Å²) in [5, 5.41) is 6.96. The van der Waals surface area contributed by atoms with Crippen molar-refractivity contribution in [2.24, 2.45) is 7.05 Å². The minimum Gasteiger partial charge on any atom is -0.396 e. The molecular formula is C12H23N5O. The number of anilines is 1. The number of hydrogen-bond acceptors (Lipinski definition) is 4. The number of rotatable bonds is 6. The summed E-state index contributed by atoms with van der Waals surface area (Å²) in [6, 6.07) is 0.0683. The molecule has 6 heteroatoms. The summed E-state index contributed by atoms with van der Waals surface area (Å²) in [5.41, 5.74) is 6.42. The third-order valence-corrected chi connectivity index (χ3v) is 2.88. The van der Waals surface area contributed by atoms with Crippen molar-refractivity contribution in [1.29, 1.82) is 0 Å². The van der Waals surface area contributed by atoms with Gasteiger partial charge in [-0.15, -0.1) is 0 Å². The topological polar surface area (TPSA) is 76.2 Å². The maximum Gasteiger partial charge on any atom is 0.274 e. The molecule has 1 heterocycles. The number of nitrogens with zero attached hydrogens (tertiary/aromatic N) is 3. The fraction of sp³-hybridized carbons (Fsp3) is 0.667. The Kier molecular flexibility index (Phi) is 5.15. The fourth-order valence-electron chi connectivity index (χ4n) is 1.89. The van der Waals surface area contributed by atoms with Crippen molar-refractivity contribution < 1.29 is 4.79 Å². The maximum absolute atomic E-state index is 12.0. The quantitative estimate of drug-likeness (QED) is 0.772. The Morgan fingerprint density at radius 2 is 2.17 bits per heavy atom. The first-order valence-electron chi connectivity index (χ1n) is 6.30. The zero-order valence-corrected chi connectivity index (χ0v) is 11.6. The molecule has 1 aromatic heterocycles. The van der Waals surface area contributed by atoms with Crippen LogP contribution in [0, 0.1) is 0 Å².